The van der Waals surface area contributed by atoms with E-state index >= 15 is 0 Å². The molecule has 0 aliphatic carbocycles. The Morgan fingerprint density at radius 1 is 1.07 bits per heavy atom. The Labute approximate surface area is 94.5 Å². The van der Waals surface area contributed by atoms with Gasteiger partial charge in [-0.3, -0.25) is 5.32 Å². The van der Waals surface area contributed by atoms with E-state index in [1.54, 1.807) is 7.11 Å². The molecular weight excluding hydrogens is 190 g/mol. The summed E-state index contributed by atoms with van der Waals surface area (Å²) in [5, 5.41) is 3.38. The van der Waals surface area contributed by atoms with Crippen molar-refractivity contribution in [3.05, 3.63) is 0 Å². The number of hydrogen-bond donors (Lipinski definition) is 1. The van der Waals surface area contributed by atoms with Crippen molar-refractivity contribution in [2.24, 2.45) is 0 Å². The van der Waals surface area contributed by atoms with E-state index in [0.29, 0.717) is 0 Å². The molecule has 0 aromatic rings. The summed E-state index contributed by atoms with van der Waals surface area (Å²) in [6.07, 6.45) is 3.69. The Hall–Kier alpha value is -0.120. The summed E-state index contributed by atoms with van der Waals surface area (Å²) in [6, 6.07) is 0. The second kappa shape index (κ2) is 6.46. The molecule has 0 rings (SSSR count). The number of ether oxygens (including phenoxy) is 2. The minimum atomic E-state index is -0.540. The Balaban J connectivity index is 3.85. The first kappa shape index (κ1) is 14.9. The second-order valence-electron chi connectivity index (χ2n) is 4.85. The highest BCUT2D eigenvalue weighted by molar-refractivity contribution is 4.69. The standard InChI is InChI=1S/C12H27NO2/c1-7-8-9-10-13-11(2,3)15-12(4,5)14-6/h13H,7-10H2,1-6H3. The minimum absolute atomic E-state index is 0.340. The van der Waals surface area contributed by atoms with Gasteiger partial charge in [0.05, 0.1) is 0 Å². The molecule has 3 nitrogen and oxygen atoms in total. The van der Waals surface area contributed by atoms with E-state index in [9.17, 15) is 0 Å². The number of nitrogens with one attached hydrogen (secondary N) is 1. The molecule has 0 aliphatic heterocycles. The molecule has 0 atom stereocenters. The molecule has 0 radical (unpaired) electrons. The van der Waals surface area contributed by atoms with Gasteiger partial charge in [-0.25, -0.2) is 0 Å². The predicted molar refractivity (Wildman–Crippen MR) is 63.8 cm³/mol. The Kier molecular flexibility index (Phi) is 6.41. The lowest BCUT2D eigenvalue weighted by Crippen LogP contribution is -2.48. The Bertz CT molecular complexity index is 167. The highest BCUT2D eigenvalue weighted by Gasteiger charge is 2.28. The van der Waals surface area contributed by atoms with Crippen LogP contribution in [0.3, 0.4) is 0 Å². The number of methoxy groups -OCH3 is 1. The summed E-state index contributed by atoms with van der Waals surface area (Å²) in [4.78, 5) is 0. The smallest absolute Gasteiger partial charge is 0.164 e. The van der Waals surface area contributed by atoms with Crippen LogP contribution in [-0.2, 0) is 9.47 Å². The summed E-state index contributed by atoms with van der Waals surface area (Å²) in [5.41, 5.74) is -0.340. The van der Waals surface area contributed by atoms with Gasteiger partial charge in [0.25, 0.3) is 0 Å². The van der Waals surface area contributed by atoms with E-state index in [2.05, 4.69) is 12.2 Å². The molecule has 3 heteroatoms. The lowest BCUT2D eigenvalue weighted by molar-refractivity contribution is -0.258. The highest BCUT2D eigenvalue weighted by Crippen LogP contribution is 2.18. The van der Waals surface area contributed by atoms with Gasteiger partial charge < -0.3 is 9.47 Å². The van der Waals surface area contributed by atoms with Crippen LogP contribution in [0.15, 0.2) is 0 Å². The summed E-state index contributed by atoms with van der Waals surface area (Å²) in [6.45, 7) is 11.1. The molecule has 0 saturated heterocycles. The quantitative estimate of drug-likeness (QED) is 0.501. The summed E-state index contributed by atoms with van der Waals surface area (Å²) >= 11 is 0. The molecule has 15 heavy (non-hydrogen) atoms. The minimum Gasteiger partial charge on any atom is -0.354 e. The fourth-order valence-electron chi connectivity index (χ4n) is 1.46. The first-order valence-electron chi connectivity index (χ1n) is 5.83. The first-order chi connectivity index (χ1) is 6.83. The average molecular weight is 217 g/mol. The van der Waals surface area contributed by atoms with Gasteiger partial charge in [0.15, 0.2) is 5.79 Å². The monoisotopic (exact) mass is 217 g/mol. The fourth-order valence-corrected chi connectivity index (χ4v) is 1.46. The van der Waals surface area contributed by atoms with Crippen LogP contribution in [0.1, 0.15) is 53.9 Å². The predicted octanol–water partition coefficient (Wildman–Crippen LogP) is 2.90. The van der Waals surface area contributed by atoms with Crippen molar-refractivity contribution in [3.8, 4) is 0 Å². The normalized spacial score (nSPS) is 13.2. The van der Waals surface area contributed by atoms with Crippen molar-refractivity contribution in [3.63, 3.8) is 0 Å². The zero-order valence-electron chi connectivity index (χ0n) is 11.1. The van der Waals surface area contributed by atoms with Gasteiger partial charge in [-0.15, -0.1) is 0 Å². The molecular formula is C12H27NO2. The molecule has 0 unspecified atom stereocenters. The van der Waals surface area contributed by atoms with Crippen molar-refractivity contribution in [1.82, 2.24) is 5.32 Å². The van der Waals surface area contributed by atoms with Crippen LogP contribution >= 0.6 is 0 Å². The lowest BCUT2D eigenvalue weighted by Gasteiger charge is -2.35. The Morgan fingerprint density at radius 3 is 2.13 bits per heavy atom. The zero-order valence-corrected chi connectivity index (χ0v) is 11.1. The molecule has 0 fully saturated rings. The maximum atomic E-state index is 5.82. The second-order valence-corrected chi connectivity index (χ2v) is 4.85. The van der Waals surface area contributed by atoms with E-state index in [4.69, 9.17) is 9.47 Å². The average Bonchev–Trinajstić information content (AvgIpc) is 2.11. The van der Waals surface area contributed by atoms with Crippen LogP contribution < -0.4 is 5.32 Å². The van der Waals surface area contributed by atoms with E-state index in [1.165, 1.54) is 19.3 Å². The van der Waals surface area contributed by atoms with E-state index in [-0.39, 0.29) is 5.72 Å². The van der Waals surface area contributed by atoms with Crippen molar-refractivity contribution >= 4 is 0 Å². The molecule has 92 valence electrons. The third-order valence-corrected chi connectivity index (χ3v) is 2.32. The van der Waals surface area contributed by atoms with E-state index in [1.807, 2.05) is 27.7 Å². The van der Waals surface area contributed by atoms with Crippen LogP contribution in [0.25, 0.3) is 0 Å². The summed E-state index contributed by atoms with van der Waals surface area (Å²) < 4.78 is 11.1. The summed E-state index contributed by atoms with van der Waals surface area (Å²) in [7, 11) is 1.66. The molecule has 0 aromatic carbocycles. The van der Waals surface area contributed by atoms with E-state index < -0.39 is 5.79 Å². The molecule has 0 spiro atoms. The molecule has 1 N–H and O–H groups in total. The SMILES string of the molecule is CCCCCNC(C)(C)OC(C)(C)OC. The van der Waals surface area contributed by atoms with Crippen LogP contribution in [0.2, 0.25) is 0 Å². The third-order valence-electron chi connectivity index (χ3n) is 2.32. The van der Waals surface area contributed by atoms with Gasteiger partial charge in [0, 0.05) is 7.11 Å². The van der Waals surface area contributed by atoms with Gasteiger partial charge >= 0.3 is 0 Å². The van der Waals surface area contributed by atoms with Crippen molar-refractivity contribution in [2.45, 2.75) is 65.4 Å². The molecule has 0 saturated carbocycles. The number of rotatable bonds is 8. The van der Waals surface area contributed by atoms with Crippen molar-refractivity contribution in [2.75, 3.05) is 13.7 Å². The largest absolute Gasteiger partial charge is 0.354 e. The Morgan fingerprint density at radius 2 is 1.67 bits per heavy atom. The van der Waals surface area contributed by atoms with Crippen molar-refractivity contribution in [1.29, 1.82) is 0 Å². The first-order valence-corrected chi connectivity index (χ1v) is 5.83. The lowest BCUT2D eigenvalue weighted by atomic mass is 10.2. The van der Waals surface area contributed by atoms with E-state index in [0.717, 1.165) is 6.54 Å². The van der Waals surface area contributed by atoms with Crippen LogP contribution in [0, 0.1) is 0 Å². The van der Waals surface area contributed by atoms with Gasteiger partial charge in [-0.05, 0) is 40.7 Å². The zero-order chi connectivity index (χ0) is 11.9. The number of hydrogen-bond acceptors (Lipinski definition) is 3. The van der Waals surface area contributed by atoms with Gasteiger partial charge in [-0.2, -0.15) is 0 Å². The van der Waals surface area contributed by atoms with Gasteiger partial charge in [0.1, 0.15) is 5.72 Å². The maximum Gasteiger partial charge on any atom is 0.164 e. The van der Waals surface area contributed by atoms with Crippen LogP contribution in [-0.4, -0.2) is 25.2 Å². The summed E-state index contributed by atoms with van der Waals surface area (Å²) in [5.74, 6) is -0.540. The molecule has 0 aliphatic rings. The fraction of sp³-hybridized carbons (Fsp3) is 1.00. The molecule has 0 bridgehead atoms. The molecule has 0 aromatic heterocycles. The molecule has 0 heterocycles. The van der Waals surface area contributed by atoms with Crippen LogP contribution in [0.5, 0.6) is 0 Å². The molecule has 0 amide bonds. The number of unbranched alkanes of at least 4 members (excludes halogenated alkanes) is 2. The van der Waals surface area contributed by atoms with Gasteiger partial charge in [0.2, 0.25) is 0 Å². The van der Waals surface area contributed by atoms with Gasteiger partial charge in [-0.1, -0.05) is 19.8 Å². The highest BCUT2D eigenvalue weighted by atomic mass is 16.7. The topological polar surface area (TPSA) is 30.5 Å². The maximum absolute atomic E-state index is 5.82. The van der Waals surface area contributed by atoms with Crippen molar-refractivity contribution < 1.29 is 9.47 Å². The third kappa shape index (κ3) is 7.77. The van der Waals surface area contributed by atoms with Crippen LogP contribution in [0.4, 0.5) is 0 Å².